The van der Waals surface area contributed by atoms with Gasteiger partial charge in [-0.05, 0) is 6.92 Å². The molecule has 0 atom stereocenters. The molecule has 1 aliphatic carbocycles. The van der Waals surface area contributed by atoms with Gasteiger partial charge in [-0.25, -0.2) is 0 Å². The van der Waals surface area contributed by atoms with Crippen LogP contribution in [0.2, 0.25) is 20.1 Å². The van der Waals surface area contributed by atoms with Crippen molar-refractivity contribution >= 4 is 57.8 Å². The summed E-state index contributed by atoms with van der Waals surface area (Å²) in [5.74, 6) is -0.448. The lowest BCUT2D eigenvalue weighted by Crippen LogP contribution is -1.97. The number of fused-ring (bicyclic) bond motifs is 1. The van der Waals surface area contributed by atoms with Gasteiger partial charge < -0.3 is 0 Å². The van der Waals surface area contributed by atoms with E-state index in [-0.39, 0.29) is 47.9 Å². The van der Waals surface area contributed by atoms with Gasteiger partial charge in [0.05, 0.1) is 25.7 Å². The van der Waals surface area contributed by atoms with Gasteiger partial charge in [0.1, 0.15) is 17.7 Å². The Morgan fingerprint density at radius 1 is 0.952 bits per heavy atom. The number of nitrogens with zero attached hydrogens (tertiary/aromatic N) is 2. The maximum Gasteiger partial charge on any atom is 0.195 e. The van der Waals surface area contributed by atoms with Crippen LogP contribution in [0.3, 0.4) is 0 Å². The van der Waals surface area contributed by atoms with Crippen molar-refractivity contribution in [1.82, 2.24) is 0 Å². The number of carbonyl (C=O) groups excluding carboxylic acids is 1. The Labute approximate surface area is 140 Å². The van der Waals surface area contributed by atoms with E-state index in [1.165, 1.54) is 6.08 Å². The predicted molar refractivity (Wildman–Crippen MR) is 82.7 cm³/mol. The molecule has 21 heavy (non-hydrogen) atoms. The highest BCUT2D eigenvalue weighted by Gasteiger charge is 2.38. The molecule has 0 fully saturated rings. The average Bonchev–Trinajstić information content (AvgIpc) is 2.77. The van der Waals surface area contributed by atoms with Crippen molar-refractivity contribution in [1.29, 1.82) is 10.5 Å². The summed E-state index contributed by atoms with van der Waals surface area (Å²) in [6, 6.07) is 3.50. The van der Waals surface area contributed by atoms with E-state index in [1.807, 2.05) is 0 Å². The van der Waals surface area contributed by atoms with Gasteiger partial charge in [-0.15, -0.1) is 0 Å². The third-order valence-electron chi connectivity index (χ3n) is 3.02. The van der Waals surface area contributed by atoms with E-state index in [0.717, 1.165) is 0 Å². The van der Waals surface area contributed by atoms with Crippen LogP contribution in [0, 0.1) is 22.7 Å². The Morgan fingerprint density at radius 2 is 1.43 bits per heavy atom. The van der Waals surface area contributed by atoms with Crippen molar-refractivity contribution in [3.63, 3.8) is 0 Å². The summed E-state index contributed by atoms with van der Waals surface area (Å²) >= 11 is 24.2. The maximum atomic E-state index is 12.4. The molecular formula is C14H4Cl4N2O. The van der Waals surface area contributed by atoms with Crippen LogP contribution in [0.15, 0.2) is 17.2 Å². The molecule has 0 saturated heterocycles. The summed E-state index contributed by atoms with van der Waals surface area (Å²) in [4.78, 5) is 12.4. The van der Waals surface area contributed by atoms with Gasteiger partial charge in [0.25, 0.3) is 0 Å². The van der Waals surface area contributed by atoms with Crippen LogP contribution in [0.25, 0.3) is 5.57 Å². The summed E-state index contributed by atoms with van der Waals surface area (Å²) < 4.78 is 0. The molecule has 0 unspecified atom stereocenters. The van der Waals surface area contributed by atoms with Gasteiger partial charge >= 0.3 is 0 Å². The Hall–Kier alpha value is -1.49. The van der Waals surface area contributed by atoms with Gasteiger partial charge in [0, 0.05) is 16.7 Å². The molecule has 7 heteroatoms. The smallest absolute Gasteiger partial charge is 0.195 e. The average molecular weight is 358 g/mol. The van der Waals surface area contributed by atoms with Gasteiger partial charge in [-0.3, -0.25) is 4.79 Å². The minimum atomic E-state index is -0.448. The van der Waals surface area contributed by atoms with Crippen molar-refractivity contribution in [3.8, 4) is 12.1 Å². The van der Waals surface area contributed by atoms with E-state index in [1.54, 1.807) is 19.1 Å². The van der Waals surface area contributed by atoms with E-state index in [4.69, 9.17) is 56.9 Å². The quantitative estimate of drug-likeness (QED) is 0.276. The summed E-state index contributed by atoms with van der Waals surface area (Å²) in [5.41, 5.74) is 0.291. The topological polar surface area (TPSA) is 64.7 Å². The molecule has 0 aliphatic heterocycles. The Kier molecular flexibility index (Phi) is 4.33. The number of hydrogen-bond donors (Lipinski definition) is 0. The first-order chi connectivity index (χ1) is 9.90. The lowest BCUT2D eigenvalue weighted by Gasteiger charge is -2.09. The highest BCUT2D eigenvalue weighted by atomic mass is 35.5. The lowest BCUT2D eigenvalue weighted by atomic mass is 9.99. The molecule has 0 N–H and O–H groups in total. The number of nitriles is 2. The molecular weight excluding hydrogens is 354 g/mol. The molecule has 1 aliphatic rings. The minimum absolute atomic E-state index is 0.00994. The minimum Gasteiger partial charge on any atom is -0.289 e. The van der Waals surface area contributed by atoms with Gasteiger partial charge in [0.2, 0.25) is 0 Å². The third-order valence-corrected chi connectivity index (χ3v) is 4.82. The number of rotatable bonds is 0. The van der Waals surface area contributed by atoms with E-state index in [0.29, 0.717) is 0 Å². The first kappa shape index (κ1) is 15.9. The monoisotopic (exact) mass is 356 g/mol. The summed E-state index contributed by atoms with van der Waals surface area (Å²) in [6.07, 6.45) is 1.49. The second kappa shape index (κ2) is 5.72. The summed E-state index contributed by atoms with van der Waals surface area (Å²) in [6.45, 7) is 1.61. The standard InChI is InChI=1S/C14H4Cl4N2O/c1-2-6-7(5(3-19)4-20)8-9(14(6)21)11(16)13(18)12(17)10(8)15/h2H,1H3/b6-2-. The first-order valence-electron chi connectivity index (χ1n) is 5.52. The predicted octanol–water partition coefficient (Wildman–Crippen LogP) is 5.24. The third kappa shape index (κ3) is 2.14. The molecule has 2 rings (SSSR count). The summed E-state index contributed by atoms with van der Waals surface area (Å²) in [7, 11) is 0. The van der Waals surface area contributed by atoms with Gasteiger partial charge in [0.15, 0.2) is 5.78 Å². The van der Waals surface area contributed by atoms with Crippen LogP contribution >= 0.6 is 46.4 Å². The molecule has 0 amide bonds. The highest BCUT2D eigenvalue weighted by molar-refractivity contribution is 6.55. The number of hydrogen-bond acceptors (Lipinski definition) is 3. The largest absolute Gasteiger partial charge is 0.289 e. The van der Waals surface area contributed by atoms with Gasteiger partial charge in [-0.1, -0.05) is 52.5 Å². The fourth-order valence-electron chi connectivity index (χ4n) is 2.13. The highest BCUT2D eigenvalue weighted by Crippen LogP contribution is 2.51. The molecule has 0 aromatic heterocycles. The van der Waals surface area contributed by atoms with Crippen molar-refractivity contribution < 1.29 is 4.79 Å². The molecule has 0 bridgehead atoms. The van der Waals surface area contributed by atoms with E-state index in [2.05, 4.69) is 0 Å². The lowest BCUT2D eigenvalue weighted by molar-refractivity contribution is 0.104. The van der Waals surface area contributed by atoms with E-state index in [9.17, 15) is 4.79 Å². The van der Waals surface area contributed by atoms with Crippen LogP contribution < -0.4 is 0 Å². The van der Waals surface area contributed by atoms with Crippen molar-refractivity contribution in [2.24, 2.45) is 0 Å². The Balaban J connectivity index is 3.10. The second-order valence-electron chi connectivity index (χ2n) is 4.01. The number of benzene rings is 1. The van der Waals surface area contributed by atoms with Crippen LogP contribution in [0.5, 0.6) is 0 Å². The zero-order valence-corrected chi connectivity index (χ0v) is 13.4. The fourth-order valence-corrected chi connectivity index (χ4v) is 3.17. The van der Waals surface area contributed by atoms with E-state index < -0.39 is 5.78 Å². The van der Waals surface area contributed by atoms with Crippen LogP contribution in [0.4, 0.5) is 0 Å². The number of ketones is 1. The van der Waals surface area contributed by atoms with Gasteiger partial charge in [-0.2, -0.15) is 10.5 Å². The molecule has 1 aromatic carbocycles. The van der Waals surface area contributed by atoms with E-state index >= 15 is 0 Å². The zero-order valence-electron chi connectivity index (χ0n) is 10.4. The second-order valence-corrected chi connectivity index (χ2v) is 5.52. The zero-order chi connectivity index (χ0) is 15.9. The molecule has 104 valence electrons. The van der Waals surface area contributed by atoms with Crippen molar-refractivity contribution in [2.75, 3.05) is 0 Å². The molecule has 0 saturated carbocycles. The SMILES string of the molecule is C/C=C1\C(=O)c2c(Cl)c(Cl)c(Cl)c(Cl)c2C1=C(C#N)C#N. The molecule has 0 radical (unpaired) electrons. The number of halogens is 4. The van der Waals surface area contributed by atoms with Crippen LogP contribution in [-0.4, -0.2) is 5.78 Å². The van der Waals surface area contributed by atoms with Crippen LogP contribution in [0.1, 0.15) is 22.8 Å². The fraction of sp³-hybridized carbons (Fsp3) is 0.0714. The molecule has 3 nitrogen and oxygen atoms in total. The molecule has 0 heterocycles. The Morgan fingerprint density at radius 3 is 1.86 bits per heavy atom. The van der Waals surface area contributed by atoms with Crippen molar-refractivity contribution in [2.45, 2.75) is 6.92 Å². The Bertz CT molecular complexity index is 822. The number of carbonyl (C=O) groups is 1. The number of Topliss-reactive ketones (excluding diaryl/α,β-unsaturated/α-hetero) is 1. The van der Waals surface area contributed by atoms with Crippen LogP contribution in [-0.2, 0) is 0 Å². The molecule has 0 spiro atoms. The normalized spacial score (nSPS) is 14.9. The maximum absolute atomic E-state index is 12.4. The molecule has 1 aromatic rings. The van der Waals surface area contributed by atoms with Crippen molar-refractivity contribution in [3.05, 3.63) is 48.4 Å². The number of allylic oxidation sites excluding steroid dienone is 4. The first-order valence-corrected chi connectivity index (χ1v) is 7.04. The summed E-state index contributed by atoms with van der Waals surface area (Å²) in [5, 5.41) is 18.1.